The van der Waals surface area contributed by atoms with Gasteiger partial charge < -0.3 is 4.74 Å². The van der Waals surface area contributed by atoms with Crippen LogP contribution in [-0.2, 0) is 11.3 Å². The molecule has 1 aromatic heterocycles. The Balaban J connectivity index is 1.52. The van der Waals surface area contributed by atoms with Gasteiger partial charge in [0.05, 0.1) is 18.6 Å². The topological polar surface area (TPSA) is 46.6 Å². The van der Waals surface area contributed by atoms with E-state index >= 15 is 0 Å². The first-order chi connectivity index (χ1) is 13.6. The highest BCUT2D eigenvalue weighted by Gasteiger charge is 2.35. The van der Waals surface area contributed by atoms with Crippen molar-refractivity contribution in [2.75, 3.05) is 7.11 Å². The Bertz CT molecular complexity index is 1040. The molecule has 0 bridgehead atoms. The molecule has 0 N–H and O–H groups in total. The second-order valence-corrected chi connectivity index (χ2v) is 8.29. The zero-order valence-electron chi connectivity index (χ0n) is 15.1. The number of thiophene rings is 1. The Morgan fingerprint density at radius 2 is 1.71 bits per heavy atom. The Hall–Kier alpha value is -2.83. The molecule has 1 fully saturated rings. The highest BCUT2D eigenvalue weighted by atomic mass is 32.2. The molecule has 1 saturated heterocycles. The van der Waals surface area contributed by atoms with Gasteiger partial charge in [-0.25, -0.2) is 0 Å². The number of benzene rings is 2. The Morgan fingerprint density at radius 1 is 0.964 bits per heavy atom. The Morgan fingerprint density at radius 3 is 2.43 bits per heavy atom. The largest absolute Gasteiger partial charge is 0.497 e. The van der Waals surface area contributed by atoms with Crippen LogP contribution < -0.4 is 4.74 Å². The fourth-order valence-corrected chi connectivity index (χ4v) is 4.73. The number of ether oxygens (including phenoxy) is 1. The van der Waals surface area contributed by atoms with E-state index in [9.17, 15) is 9.59 Å². The lowest BCUT2D eigenvalue weighted by atomic mass is 10.2. The Kier molecular flexibility index (Phi) is 5.32. The van der Waals surface area contributed by atoms with Crippen LogP contribution in [0.3, 0.4) is 0 Å². The van der Waals surface area contributed by atoms with Crippen LogP contribution in [0.1, 0.15) is 10.4 Å². The van der Waals surface area contributed by atoms with E-state index in [1.807, 2.05) is 66.7 Å². The van der Waals surface area contributed by atoms with Gasteiger partial charge in [-0.3, -0.25) is 14.5 Å². The van der Waals surface area contributed by atoms with Crippen LogP contribution in [0.4, 0.5) is 4.79 Å². The first-order valence-corrected chi connectivity index (χ1v) is 10.3. The van der Waals surface area contributed by atoms with E-state index in [1.165, 1.54) is 4.90 Å². The van der Waals surface area contributed by atoms with Crippen LogP contribution in [-0.4, -0.2) is 23.2 Å². The molecular formula is C22H17NO3S2. The van der Waals surface area contributed by atoms with Crippen molar-refractivity contribution >= 4 is 40.3 Å². The third-order valence-electron chi connectivity index (χ3n) is 4.33. The molecule has 3 aromatic rings. The third-order valence-corrected chi connectivity index (χ3v) is 6.32. The van der Waals surface area contributed by atoms with Gasteiger partial charge in [-0.05, 0) is 65.4 Å². The predicted molar refractivity (Wildman–Crippen MR) is 114 cm³/mol. The summed E-state index contributed by atoms with van der Waals surface area (Å²) in [5.74, 6) is 0.575. The van der Waals surface area contributed by atoms with Crippen molar-refractivity contribution in [2.45, 2.75) is 6.54 Å². The Labute approximate surface area is 171 Å². The number of hydrogen-bond donors (Lipinski definition) is 0. The number of imide groups is 1. The van der Waals surface area contributed by atoms with Gasteiger partial charge in [0, 0.05) is 9.75 Å². The lowest BCUT2D eigenvalue weighted by Crippen LogP contribution is -2.27. The van der Waals surface area contributed by atoms with Gasteiger partial charge in [-0.15, -0.1) is 11.3 Å². The summed E-state index contributed by atoms with van der Waals surface area (Å²) in [6.45, 7) is 0.296. The summed E-state index contributed by atoms with van der Waals surface area (Å²) in [4.78, 5) is 28.8. The molecule has 0 saturated carbocycles. The zero-order chi connectivity index (χ0) is 19.5. The molecule has 6 heteroatoms. The summed E-state index contributed by atoms with van der Waals surface area (Å²) >= 11 is 2.58. The lowest BCUT2D eigenvalue weighted by molar-refractivity contribution is -0.123. The number of carbonyl (C=O) groups excluding carboxylic acids is 2. The normalized spacial score (nSPS) is 15.5. The van der Waals surface area contributed by atoms with Crippen molar-refractivity contribution in [2.24, 2.45) is 0 Å². The van der Waals surface area contributed by atoms with Gasteiger partial charge in [0.2, 0.25) is 0 Å². The zero-order valence-corrected chi connectivity index (χ0v) is 16.8. The summed E-state index contributed by atoms with van der Waals surface area (Å²) < 4.78 is 5.19. The second kappa shape index (κ2) is 8.04. The van der Waals surface area contributed by atoms with E-state index in [-0.39, 0.29) is 11.1 Å². The monoisotopic (exact) mass is 407 g/mol. The molecule has 1 aliphatic rings. The van der Waals surface area contributed by atoms with E-state index in [1.54, 1.807) is 24.5 Å². The number of hydrogen-bond acceptors (Lipinski definition) is 5. The maximum atomic E-state index is 12.7. The van der Waals surface area contributed by atoms with Crippen molar-refractivity contribution in [3.63, 3.8) is 0 Å². The lowest BCUT2D eigenvalue weighted by Gasteiger charge is -2.11. The van der Waals surface area contributed by atoms with Crippen LogP contribution in [0.2, 0.25) is 0 Å². The van der Waals surface area contributed by atoms with E-state index in [2.05, 4.69) is 0 Å². The predicted octanol–water partition coefficient (Wildman–Crippen LogP) is 5.66. The average Bonchev–Trinajstić information content (AvgIpc) is 3.29. The van der Waals surface area contributed by atoms with Gasteiger partial charge in [-0.1, -0.05) is 30.3 Å². The van der Waals surface area contributed by atoms with Crippen LogP contribution in [0.5, 0.6) is 5.75 Å². The van der Waals surface area contributed by atoms with Crippen LogP contribution >= 0.6 is 23.1 Å². The van der Waals surface area contributed by atoms with Crippen molar-refractivity contribution < 1.29 is 14.3 Å². The maximum Gasteiger partial charge on any atom is 0.293 e. The molecule has 2 amide bonds. The summed E-state index contributed by atoms with van der Waals surface area (Å²) in [7, 11) is 1.64. The molecule has 0 spiro atoms. The molecule has 0 aliphatic carbocycles. The molecule has 4 rings (SSSR count). The third kappa shape index (κ3) is 3.88. The smallest absolute Gasteiger partial charge is 0.293 e. The van der Waals surface area contributed by atoms with Crippen LogP contribution in [0.25, 0.3) is 16.5 Å². The molecular weight excluding hydrogens is 390 g/mol. The van der Waals surface area contributed by atoms with E-state index < -0.39 is 0 Å². The number of methoxy groups -OCH3 is 1. The summed E-state index contributed by atoms with van der Waals surface area (Å²) in [6, 6.07) is 21.4. The molecule has 28 heavy (non-hydrogen) atoms. The van der Waals surface area contributed by atoms with Crippen molar-refractivity contribution in [3.8, 4) is 16.2 Å². The van der Waals surface area contributed by atoms with E-state index in [0.29, 0.717) is 11.4 Å². The van der Waals surface area contributed by atoms with Gasteiger partial charge in [0.1, 0.15) is 5.75 Å². The molecule has 0 radical (unpaired) electrons. The van der Waals surface area contributed by atoms with Crippen molar-refractivity contribution in [1.82, 2.24) is 4.90 Å². The van der Waals surface area contributed by atoms with Crippen LogP contribution in [0, 0.1) is 0 Å². The maximum absolute atomic E-state index is 12.7. The fourth-order valence-electron chi connectivity index (χ4n) is 2.87. The van der Waals surface area contributed by atoms with Gasteiger partial charge in [0.25, 0.3) is 11.1 Å². The highest BCUT2D eigenvalue weighted by Crippen LogP contribution is 2.36. The number of carbonyl (C=O) groups is 2. The number of amides is 2. The summed E-state index contributed by atoms with van der Waals surface area (Å²) in [5.41, 5.74) is 2.02. The van der Waals surface area contributed by atoms with Crippen LogP contribution in [0.15, 0.2) is 71.6 Å². The van der Waals surface area contributed by atoms with Gasteiger partial charge in [-0.2, -0.15) is 0 Å². The minimum absolute atomic E-state index is 0.230. The fraction of sp³-hybridized carbons (Fsp3) is 0.0909. The number of rotatable bonds is 5. The van der Waals surface area contributed by atoms with Crippen molar-refractivity contribution in [3.05, 3.63) is 82.1 Å². The molecule has 4 nitrogen and oxygen atoms in total. The molecule has 0 atom stereocenters. The minimum atomic E-state index is -0.238. The number of nitrogens with zero attached hydrogens (tertiary/aromatic N) is 1. The SMILES string of the molecule is COc1ccc(-c2ccc(/C=C3\SC(=O)N(Cc4ccccc4)C3=O)s2)cc1. The quantitative estimate of drug-likeness (QED) is 0.512. The summed E-state index contributed by atoms with van der Waals surface area (Å²) in [5, 5.41) is -0.230. The first-order valence-electron chi connectivity index (χ1n) is 8.67. The average molecular weight is 408 g/mol. The van der Waals surface area contributed by atoms with Gasteiger partial charge in [0.15, 0.2) is 0 Å². The standard InChI is InChI=1S/C22H17NO3S2/c1-26-17-9-7-16(8-10-17)19-12-11-18(27-19)13-20-21(24)23(22(25)28-20)14-15-5-3-2-4-6-15/h2-13H,14H2,1H3/b20-13-. The van der Waals surface area contributed by atoms with E-state index in [0.717, 1.165) is 38.4 Å². The molecule has 2 aromatic carbocycles. The van der Waals surface area contributed by atoms with Gasteiger partial charge >= 0.3 is 0 Å². The summed E-state index contributed by atoms with van der Waals surface area (Å²) in [6.07, 6.45) is 1.80. The number of thioether (sulfide) groups is 1. The molecule has 140 valence electrons. The second-order valence-electron chi connectivity index (χ2n) is 6.18. The molecule has 1 aliphatic heterocycles. The first kappa shape index (κ1) is 18.5. The molecule has 0 unspecified atom stereocenters. The minimum Gasteiger partial charge on any atom is -0.497 e. The molecule has 2 heterocycles. The van der Waals surface area contributed by atoms with E-state index in [4.69, 9.17) is 4.74 Å². The highest BCUT2D eigenvalue weighted by molar-refractivity contribution is 8.18. The van der Waals surface area contributed by atoms with Crippen molar-refractivity contribution in [1.29, 1.82) is 0 Å².